The third-order valence-electron chi connectivity index (χ3n) is 4.63. The van der Waals surface area contributed by atoms with Crippen LogP contribution in [-0.4, -0.2) is 17.5 Å². The SMILES string of the molecule is O=C(N[C@@H]1CCCc2cccc(Cl)c21)C1COc2ncccc21. The van der Waals surface area contributed by atoms with Crippen LogP contribution in [0.2, 0.25) is 5.02 Å². The number of ether oxygens (including phenoxy) is 1. The van der Waals surface area contributed by atoms with Crippen molar-refractivity contribution in [3.63, 3.8) is 0 Å². The van der Waals surface area contributed by atoms with E-state index in [1.807, 2.05) is 24.3 Å². The van der Waals surface area contributed by atoms with Crippen molar-refractivity contribution in [3.05, 3.63) is 58.2 Å². The highest BCUT2D eigenvalue weighted by molar-refractivity contribution is 6.31. The lowest BCUT2D eigenvalue weighted by atomic mass is 9.87. The Labute approximate surface area is 139 Å². The van der Waals surface area contributed by atoms with Crippen LogP contribution in [0.1, 0.15) is 41.5 Å². The molecule has 1 aromatic heterocycles. The molecule has 4 nitrogen and oxygen atoms in total. The number of carbonyl (C=O) groups is 1. The average Bonchev–Trinajstić information content (AvgIpc) is 2.99. The molecule has 2 atom stereocenters. The zero-order chi connectivity index (χ0) is 15.8. The molecule has 118 valence electrons. The van der Waals surface area contributed by atoms with Crippen molar-refractivity contribution in [1.29, 1.82) is 0 Å². The monoisotopic (exact) mass is 328 g/mol. The summed E-state index contributed by atoms with van der Waals surface area (Å²) < 4.78 is 5.52. The largest absolute Gasteiger partial charge is 0.476 e. The minimum atomic E-state index is -0.299. The molecule has 2 aliphatic rings. The van der Waals surface area contributed by atoms with Crippen LogP contribution in [0.25, 0.3) is 0 Å². The van der Waals surface area contributed by atoms with E-state index >= 15 is 0 Å². The number of carbonyl (C=O) groups excluding carboxylic acids is 1. The second-order valence-electron chi connectivity index (χ2n) is 6.03. The van der Waals surface area contributed by atoms with Gasteiger partial charge < -0.3 is 10.1 Å². The number of nitrogens with one attached hydrogen (secondary N) is 1. The number of hydrogen-bond acceptors (Lipinski definition) is 3. The Bertz CT molecular complexity index is 762. The molecule has 1 aliphatic heterocycles. The molecule has 0 bridgehead atoms. The van der Waals surface area contributed by atoms with Crippen LogP contribution < -0.4 is 10.1 Å². The first-order valence-corrected chi connectivity index (χ1v) is 8.27. The predicted octanol–water partition coefficient (Wildman–Crippen LogP) is 3.40. The number of halogens is 1. The third kappa shape index (κ3) is 2.57. The lowest BCUT2D eigenvalue weighted by Crippen LogP contribution is -2.35. The topological polar surface area (TPSA) is 51.2 Å². The molecule has 1 N–H and O–H groups in total. The van der Waals surface area contributed by atoms with E-state index in [-0.39, 0.29) is 17.9 Å². The van der Waals surface area contributed by atoms with Gasteiger partial charge in [0.1, 0.15) is 12.5 Å². The van der Waals surface area contributed by atoms with Crippen molar-refractivity contribution in [2.24, 2.45) is 0 Å². The normalized spacial score (nSPS) is 22.0. The Morgan fingerprint density at radius 1 is 1.30 bits per heavy atom. The summed E-state index contributed by atoms with van der Waals surface area (Å²) in [7, 11) is 0. The first kappa shape index (κ1) is 14.5. The zero-order valence-corrected chi connectivity index (χ0v) is 13.3. The quantitative estimate of drug-likeness (QED) is 0.919. The maximum Gasteiger partial charge on any atom is 0.231 e. The van der Waals surface area contributed by atoms with Crippen LogP contribution in [0, 0.1) is 0 Å². The Hall–Kier alpha value is -2.07. The number of aryl methyl sites for hydroxylation is 1. The summed E-state index contributed by atoms with van der Waals surface area (Å²) in [5, 5.41) is 3.90. The summed E-state index contributed by atoms with van der Waals surface area (Å²) >= 11 is 6.38. The van der Waals surface area contributed by atoms with E-state index in [1.54, 1.807) is 6.20 Å². The van der Waals surface area contributed by atoms with Gasteiger partial charge in [-0.25, -0.2) is 4.98 Å². The smallest absolute Gasteiger partial charge is 0.231 e. The molecule has 0 radical (unpaired) electrons. The van der Waals surface area contributed by atoms with Crippen molar-refractivity contribution in [2.45, 2.75) is 31.2 Å². The molecule has 1 aromatic carbocycles. The van der Waals surface area contributed by atoms with Gasteiger partial charge in [-0.05, 0) is 42.5 Å². The van der Waals surface area contributed by atoms with Gasteiger partial charge in [-0.3, -0.25) is 4.79 Å². The second-order valence-corrected chi connectivity index (χ2v) is 6.43. The van der Waals surface area contributed by atoms with E-state index in [9.17, 15) is 4.79 Å². The van der Waals surface area contributed by atoms with Crippen LogP contribution in [-0.2, 0) is 11.2 Å². The standard InChI is InChI=1S/C18H17ClN2O2/c19-14-7-1-4-11-5-2-8-15(16(11)14)21-17(22)13-10-23-18-12(13)6-3-9-20-18/h1,3-4,6-7,9,13,15H,2,5,8,10H2,(H,21,22)/t13?,15-/m1/s1. The van der Waals surface area contributed by atoms with E-state index in [2.05, 4.69) is 16.4 Å². The lowest BCUT2D eigenvalue weighted by Gasteiger charge is -2.28. The molecule has 0 saturated heterocycles. The fourth-order valence-corrected chi connectivity index (χ4v) is 3.83. The number of amides is 1. The molecule has 0 fully saturated rings. The van der Waals surface area contributed by atoms with Crippen molar-refractivity contribution in [1.82, 2.24) is 10.3 Å². The van der Waals surface area contributed by atoms with E-state index in [0.717, 1.165) is 35.4 Å². The molecule has 2 heterocycles. The van der Waals surface area contributed by atoms with E-state index < -0.39 is 0 Å². The van der Waals surface area contributed by atoms with Gasteiger partial charge in [-0.15, -0.1) is 0 Å². The minimum absolute atomic E-state index is 0.0190. The van der Waals surface area contributed by atoms with Gasteiger partial charge in [0, 0.05) is 16.8 Å². The number of benzene rings is 1. The minimum Gasteiger partial charge on any atom is -0.476 e. The first-order chi connectivity index (χ1) is 11.2. The van der Waals surface area contributed by atoms with Crippen molar-refractivity contribution in [2.75, 3.05) is 6.61 Å². The second kappa shape index (κ2) is 5.85. The van der Waals surface area contributed by atoms with E-state index in [4.69, 9.17) is 16.3 Å². The summed E-state index contributed by atoms with van der Waals surface area (Å²) in [6.07, 6.45) is 4.66. The number of nitrogens with zero attached hydrogens (tertiary/aromatic N) is 1. The lowest BCUT2D eigenvalue weighted by molar-refractivity contribution is -0.123. The van der Waals surface area contributed by atoms with Gasteiger partial charge in [0.2, 0.25) is 11.8 Å². The van der Waals surface area contributed by atoms with E-state index in [0.29, 0.717) is 12.5 Å². The molecule has 5 heteroatoms. The van der Waals surface area contributed by atoms with E-state index in [1.165, 1.54) is 5.56 Å². The Morgan fingerprint density at radius 2 is 2.22 bits per heavy atom. The molecule has 1 aliphatic carbocycles. The summed E-state index contributed by atoms with van der Waals surface area (Å²) in [5.41, 5.74) is 3.16. The Morgan fingerprint density at radius 3 is 3.13 bits per heavy atom. The van der Waals surface area contributed by atoms with Crippen LogP contribution >= 0.6 is 11.6 Å². The Balaban J connectivity index is 1.57. The summed E-state index contributed by atoms with van der Waals surface area (Å²) in [4.78, 5) is 16.9. The summed E-state index contributed by atoms with van der Waals surface area (Å²) in [6.45, 7) is 0.347. The maximum absolute atomic E-state index is 12.7. The molecule has 2 aromatic rings. The maximum atomic E-state index is 12.7. The average molecular weight is 329 g/mol. The number of aromatic nitrogens is 1. The van der Waals surface area contributed by atoms with Gasteiger partial charge >= 0.3 is 0 Å². The first-order valence-electron chi connectivity index (χ1n) is 7.89. The number of hydrogen-bond donors (Lipinski definition) is 1. The molecular weight excluding hydrogens is 312 g/mol. The summed E-state index contributed by atoms with van der Waals surface area (Å²) in [5.74, 6) is 0.246. The number of fused-ring (bicyclic) bond motifs is 2. The van der Waals surface area contributed by atoms with Gasteiger partial charge in [0.25, 0.3) is 0 Å². The van der Waals surface area contributed by atoms with Crippen LogP contribution in [0.5, 0.6) is 5.88 Å². The highest BCUT2D eigenvalue weighted by atomic mass is 35.5. The number of pyridine rings is 1. The molecule has 0 saturated carbocycles. The van der Waals surface area contributed by atoms with Gasteiger partial charge in [-0.2, -0.15) is 0 Å². The Kier molecular flexibility index (Phi) is 3.69. The van der Waals surface area contributed by atoms with Gasteiger partial charge in [0.05, 0.1) is 6.04 Å². The van der Waals surface area contributed by atoms with Gasteiger partial charge in [-0.1, -0.05) is 29.8 Å². The van der Waals surface area contributed by atoms with Crippen LogP contribution in [0.4, 0.5) is 0 Å². The molecular formula is C18H17ClN2O2. The fraction of sp³-hybridized carbons (Fsp3) is 0.333. The molecule has 1 unspecified atom stereocenters. The highest BCUT2D eigenvalue weighted by Crippen LogP contribution is 2.37. The van der Waals surface area contributed by atoms with Crippen LogP contribution in [0.15, 0.2) is 36.5 Å². The summed E-state index contributed by atoms with van der Waals surface area (Å²) in [6, 6.07) is 9.67. The predicted molar refractivity (Wildman–Crippen MR) is 87.7 cm³/mol. The van der Waals surface area contributed by atoms with Gasteiger partial charge in [0.15, 0.2) is 0 Å². The fourth-order valence-electron chi connectivity index (χ4n) is 3.51. The van der Waals surface area contributed by atoms with Crippen molar-refractivity contribution in [3.8, 4) is 5.88 Å². The zero-order valence-electron chi connectivity index (χ0n) is 12.6. The molecule has 4 rings (SSSR count). The van der Waals surface area contributed by atoms with Crippen molar-refractivity contribution < 1.29 is 9.53 Å². The number of rotatable bonds is 2. The molecule has 0 spiro atoms. The van der Waals surface area contributed by atoms with Crippen LogP contribution in [0.3, 0.4) is 0 Å². The highest BCUT2D eigenvalue weighted by Gasteiger charge is 2.33. The third-order valence-corrected chi connectivity index (χ3v) is 4.96. The van der Waals surface area contributed by atoms with Crippen molar-refractivity contribution >= 4 is 17.5 Å². The molecule has 1 amide bonds. The molecule has 23 heavy (non-hydrogen) atoms.